The molecule has 0 spiro atoms. The Morgan fingerprint density at radius 1 is 1.15 bits per heavy atom. The van der Waals surface area contributed by atoms with Gasteiger partial charge in [-0.3, -0.25) is 20.4 Å². The zero-order valence-corrected chi connectivity index (χ0v) is 12.5. The maximum absolute atomic E-state index is 12.9. The van der Waals surface area contributed by atoms with Crippen molar-refractivity contribution in [2.75, 3.05) is 0 Å². The summed E-state index contributed by atoms with van der Waals surface area (Å²) in [6.07, 6.45) is 4.99. The maximum atomic E-state index is 12.9. The van der Waals surface area contributed by atoms with Gasteiger partial charge in [0.1, 0.15) is 5.82 Å². The number of carbonyl (C=O) groups is 2. The molecule has 4 nitrogen and oxygen atoms in total. The van der Waals surface area contributed by atoms with Crippen LogP contribution in [0.5, 0.6) is 0 Å². The summed E-state index contributed by atoms with van der Waals surface area (Å²) < 4.78 is 13.3. The first-order chi connectivity index (χ1) is 9.58. The van der Waals surface area contributed by atoms with Crippen LogP contribution in [0.15, 0.2) is 22.7 Å². The van der Waals surface area contributed by atoms with Gasteiger partial charge in [-0.2, -0.15) is 0 Å². The van der Waals surface area contributed by atoms with Gasteiger partial charge < -0.3 is 0 Å². The highest BCUT2D eigenvalue weighted by Crippen LogP contribution is 2.23. The molecule has 1 aromatic carbocycles. The SMILES string of the molecule is O=C(NNC(=O)C1CCCCC1)c1ccc(F)cc1Br. The number of rotatable bonds is 2. The van der Waals surface area contributed by atoms with Gasteiger partial charge in [-0.05, 0) is 47.0 Å². The number of nitrogens with one attached hydrogen (secondary N) is 2. The molecule has 0 unspecified atom stereocenters. The molecule has 1 saturated carbocycles. The minimum Gasteiger partial charge on any atom is -0.273 e. The molecule has 1 aliphatic rings. The van der Waals surface area contributed by atoms with Gasteiger partial charge in [0, 0.05) is 10.4 Å². The summed E-state index contributed by atoms with van der Waals surface area (Å²) in [6, 6.07) is 3.77. The Morgan fingerprint density at radius 3 is 2.50 bits per heavy atom. The van der Waals surface area contributed by atoms with E-state index in [1.165, 1.54) is 24.6 Å². The molecule has 0 bridgehead atoms. The van der Waals surface area contributed by atoms with E-state index in [2.05, 4.69) is 26.8 Å². The Bertz CT molecular complexity index is 516. The third-order valence-corrected chi connectivity index (χ3v) is 4.11. The Hall–Kier alpha value is -1.43. The summed E-state index contributed by atoms with van der Waals surface area (Å²) in [5.41, 5.74) is 5.08. The average Bonchev–Trinajstić information content (AvgIpc) is 2.45. The van der Waals surface area contributed by atoms with Crippen LogP contribution in [0.2, 0.25) is 0 Å². The van der Waals surface area contributed by atoms with E-state index in [1.54, 1.807) is 0 Å². The van der Waals surface area contributed by atoms with E-state index < -0.39 is 11.7 Å². The highest BCUT2D eigenvalue weighted by atomic mass is 79.9. The van der Waals surface area contributed by atoms with E-state index in [1.807, 2.05) is 0 Å². The van der Waals surface area contributed by atoms with Gasteiger partial charge in [0.25, 0.3) is 5.91 Å². The van der Waals surface area contributed by atoms with Gasteiger partial charge in [0.2, 0.25) is 5.91 Å². The molecule has 20 heavy (non-hydrogen) atoms. The summed E-state index contributed by atoms with van der Waals surface area (Å²) in [5, 5.41) is 0. The molecule has 6 heteroatoms. The molecular formula is C14H16BrFN2O2. The van der Waals surface area contributed by atoms with Crippen LogP contribution in [0.25, 0.3) is 0 Å². The van der Waals surface area contributed by atoms with Crippen molar-refractivity contribution in [3.8, 4) is 0 Å². The zero-order valence-electron chi connectivity index (χ0n) is 10.9. The largest absolute Gasteiger partial charge is 0.273 e. The lowest BCUT2D eigenvalue weighted by Gasteiger charge is -2.20. The van der Waals surface area contributed by atoms with Crippen molar-refractivity contribution >= 4 is 27.7 Å². The van der Waals surface area contributed by atoms with Crippen LogP contribution in [-0.4, -0.2) is 11.8 Å². The Kier molecular flexibility index (Phi) is 5.11. The molecule has 1 aliphatic carbocycles. The van der Waals surface area contributed by atoms with E-state index in [0.29, 0.717) is 4.47 Å². The standard InChI is InChI=1S/C14H16BrFN2O2/c15-12-8-10(16)6-7-11(12)14(20)18-17-13(19)9-4-2-1-3-5-9/h6-9H,1-5H2,(H,17,19)(H,18,20). The fraction of sp³-hybridized carbons (Fsp3) is 0.429. The average molecular weight is 343 g/mol. The minimum absolute atomic E-state index is 0.0271. The summed E-state index contributed by atoms with van der Waals surface area (Å²) >= 11 is 3.12. The van der Waals surface area contributed by atoms with Crippen LogP contribution in [0.4, 0.5) is 4.39 Å². The molecule has 1 fully saturated rings. The number of hydrogen-bond donors (Lipinski definition) is 2. The molecule has 2 N–H and O–H groups in total. The fourth-order valence-corrected chi connectivity index (χ4v) is 2.86. The number of hydrazine groups is 1. The molecule has 0 aromatic heterocycles. The highest BCUT2D eigenvalue weighted by Gasteiger charge is 2.21. The summed E-state index contributed by atoms with van der Waals surface area (Å²) in [6.45, 7) is 0. The maximum Gasteiger partial charge on any atom is 0.270 e. The highest BCUT2D eigenvalue weighted by molar-refractivity contribution is 9.10. The predicted molar refractivity (Wildman–Crippen MR) is 76.3 cm³/mol. The second kappa shape index (κ2) is 6.83. The summed E-state index contributed by atoms with van der Waals surface area (Å²) in [4.78, 5) is 23.8. The lowest BCUT2D eigenvalue weighted by Crippen LogP contribution is -2.45. The fourth-order valence-electron chi connectivity index (χ4n) is 2.33. The molecule has 0 atom stereocenters. The van der Waals surface area contributed by atoms with Crippen LogP contribution in [0, 0.1) is 11.7 Å². The third kappa shape index (κ3) is 3.79. The number of hydrogen-bond acceptors (Lipinski definition) is 2. The Morgan fingerprint density at radius 2 is 1.85 bits per heavy atom. The molecule has 108 valence electrons. The van der Waals surface area contributed by atoms with Crippen molar-refractivity contribution in [3.63, 3.8) is 0 Å². The van der Waals surface area contributed by atoms with Gasteiger partial charge in [-0.25, -0.2) is 4.39 Å². The van der Waals surface area contributed by atoms with Gasteiger partial charge in [-0.15, -0.1) is 0 Å². The summed E-state index contributed by atoms with van der Waals surface area (Å²) in [7, 11) is 0. The van der Waals surface area contributed by atoms with Crippen LogP contribution < -0.4 is 10.9 Å². The molecule has 2 rings (SSSR count). The number of halogens is 2. The van der Waals surface area contributed by atoms with Crippen molar-refractivity contribution in [2.45, 2.75) is 32.1 Å². The smallest absolute Gasteiger partial charge is 0.270 e. The number of benzene rings is 1. The normalized spacial score (nSPS) is 15.7. The molecule has 0 radical (unpaired) electrons. The van der Waals surface area contributed by atoms with Crippen molar-refractivity contribution < 1.29 is 14.0 Å². The molecule has 0 aliphatic heterocycles. The second-order valence-corrected chi connectivity index (χ2v) is 5.76. The molecule has 1 aromatic rings. The molecule has 0 heterocycles. The second-order valence-electron chi connectivity index (χ2n) is 4.90. The number of carbonyl (C=O) groups excluding carboxylic acids is 2. The first-order valence-corrected chi connectivity index (χ1v) is 7.42. The van der Waals surface area contributed by atoms with Crippen LogP contribution >= 0.6 is 15.9 Å². The van der Waals surface area contributed by atoms with Crippen molar-refractivity contribution in [1.29, 1.82) is 0 Å². The monoisotopic (exact) mass is 342 g/mol. The van der Waals surface area contributed by atoms with E-state index in [9.17, 15) is 14.0 Å². The lowest BCUT2D eigenvalue weighted by atomic mass is 9.89. The van der Waals surface area contributed by atoms with E-state index in [-0.39, 0.29) is 17.4 Å². The van der Waals surface area contributed by atoms with E-state index >= 15 is 0 Å². The van der Waals surface area contributed by atoms with Crippen LogP contribution in [0.1, 0.15) is 42.5 Å². The minimum atomic E-state index is -0.471. The number of amides is 2. The van der Waals surface area contributed by atoms with Gasteiger partial charge in [-0.1, -0.05) is 19.3 Å². The van der Waals surface area contributed by atoms with Crippen molar-refractivity contribution in [1.82, 2.24) is 10.9 Å². The van der Waals surface area contributed by atoms with Gasteiger partial charge in [0.05, 0.1) is 5.56 Å². The molecular weight excluding hydrogens is 327 g/mol. The van der Waals surface area contributed by atoms with Gasteiger partial charge >= 0.3 is 0 Å². The van der Waals surface area contributed by atoms with E-state index in [4.69, 9.17) is 0 Å². The van der Waals surface area contributed by atoms with Crippen molar-refractivity contribution in [2.24, 2.45) is 5.92 Å². The zero-order chi connectivity index (χ0) is 14.5. The van der Waals surface area contributed by atoms with Crippen LogP contribution in [-0.2, 0) is 4.79 Å². The van der Waals surface area contributed by atoms with Gasteiger partial charge in [0.15, 0.2) is 0 Å². The summed E-state index contributed by atoms with van der Waals surface area (Å²) in [5.74, 6) is -1.09. The Balaban J connectivity index is 1.89. The van der Waals surface area contributed by atoms with E-state index in [0.717, 1.165) is 25.7 Å². The van der Waals surface area contributed by atoms with Crippen molar-refractivity contribution in [3.05, 3.63) is 34.1 Å². The topological polar surface area (TPSA) is 58.2 Å². The third-order valence-electron chi connectivity index (χ3n) is 3.45. The van der Waals surface area contributed by atoms with Crippen LogP contribution in [0.3, 0.4) is 0 Å². The first kappa shape index (κ1) is 15.0. The molecule has 0 saturated heterocycles. The predicted octanol–water partition coefficient (Wildman–Crippen LogP) is 2.93. The first-order valence-electron chi connectivity index (χ1n) is 6.63. The molecule has 2 amide bonds. The quantitative estimate of drug-likeness (QED) is 0.812. The lowest BCUT2D eigenvalue weighted by molar-refractivity contribution is -0.126. The Labute approximate surface area is 125 Å².